The van der Waals surface area contributed by atoms with Gasteiger partial charge in [-0.25, -0.2) is 14.4 Å². The number of nitrogens with zero attached hydrogens (tertiary/aromatic N) is 4. The molecule has 0 aliphatic carbocycles. The molecule has 0 spiro atoms. The van der Waals surface area contributed by atoms with Crippen LogP contribution in [-0.2, 0) is 17.3 Å². The van der Waals surface area contributed by atoms with Gasteiger partial charge < -0.3 is 9.64 Å². The number of benzene rings is 1. The maximum atomic E-state index is 14.2. The fourth-order valence-corrected chi connectivity index (χ4v) is 4.33. The van der Waals surface area contributed by atoms with Crippen molar-refractivity contribution >= 4 is 22.3 Å². The fourth-order valence-electron chi connectivity index (χ4n) is 3.27. The summed E-state index contributed by atoms with van der Waals surface area (Å²) in [5.74, 6) is 1.96. The molecule has 4 rings (SSSR count). The molecule has 0 unspecified atom stereocenters. The summed E-state index contributed by atoms with van der Waals surface area (Å²) in [6.07, 6.45) is 1.40. The highest BCUT2D eigenvalue weighted by Crippen LogP contribution is 2.30. The van der Waals surface area contributed by atoms with Crippen LogP contribution in [0.1, 0.15) is 30.7 Å². The standard InChI is InChI=1S/C19H21FN4O2S/c1-12(2)26-17-8-14-13(7-15(17)20)10-21-19(14)16-9-18(23-11-22-16)24-3-5-27(25)6-4-24/h7-9,11-12H,3-6,10H2,1-2H3. The predicted octanol–water partition coefficient (Wildman–Crippen LogP) is 2.32. The van der Waals surface area contributed by atoms with Gasteiger partial charge in [-0.1, -0.05) is 0 Å². The molecule has 2 aliphatic heterocycles. The van der Waals surface area contributed by atoms with Gasteiger partial charge in [-0.05, 0) is 31.5 Å². The third-order valence-corrected chi connectivity index (χ3v) is 5.86. The van der Waals surface area contributed by atoms with Gasteiger partial charge in [0.05, 0.1) is 24.1 Å². The van der Waals surface area contributed by atoms with Gasteiger partial charge in [0, 0.05) is 47.0 Å². The van der Waals surface area contributed by atoms with Crippen LogP contribution in [0.5, 0.6) is 5.75 Å². The van der Waals surface area contributed by atoms with Crippen molar-refractivity contribution in [3.8, 4) is 5.75 Å². The molecule has 2 aliphatic rings. The highest BCUT2D eigenvalue weighted by molar-refractivity contribution is 7.85. The van der Waals surface area contributed by atoms with Crippen molar-refractivity contribution in [2.45, 2.75) is 26.5 Å². The van der Waals surface area contributed by atoms with E-state index in [-0.39, 0.29) is 17.7 Å². The van der Waals surface area contributed by atoms with E-state index in [0.29, 0.717) is 36.8 Å². The van der Waals surface area contributed by atoms with Crippen LogP contribution in [0.15, 0.2) is 29.5 Å². The normalized spacial score (nSPS) is 17.2. The van der Waals surface area contributed by atoms with E-state index in [1.165, 1.54) is 12.4 Å². The van der Waals surface area contributed by atoms with Crippen LogP contribution in [0.25, 0.3) is 0 Å². The summed E-state index contributed by atoms with van der Waals surface area (Å²) >= 11 is 0. The highest BCUT2D eigenvalue weighted by atomic mass is 32.2. The summed E-state index contributed by atoms with van der Waals surface area (Å²) in [7, 11) is -0.740. The second-order valence-corrected chi connectivity index (χ2v) is 8.56. The quantitative estimate of drug-likeness (QED) is 0.804. The summed E-state index contributed by atoms with van der Waals surface area (Å²) in [5, 5.41) is 0. The zero-order valence-corrected chi connectivity index (χ0v) is 16.1. The van der Waals surface area contributed by atoms with Gasteiger partial charge in [-0.3, -0.25) is 9.20 Å². The van der Waals surface area contributed by atoms with Gasteiger partial charge in [0.25, 0.3) is 0 Å². The Morgan fingerprint density at radius 2 is 1.96 bits per heavy atom. The van der Waals surface area contributed by atoms with Gasteiger partial charge in [-0.15, -0.1) is 0 Å². The molecule has 1 aromatic carbocycles. The Bertz CT molecular complexity index is 922. The molecule has 142 valence electrons. The minimum Gasteiger partial charge on any atom is -0.488 e. The van der Waals surface area contributed by atoms with Crippen molar-refractivity contribution < 1.29 is 13.3 Å². The van der Waals surface area contributed by atoms with Crippen LogP contribution in [0.2, 0.25) is 0 Å². The molecule has 2 aromatic rings. The number of hydrogen-bond donors (Lipinski definition) is 0. The molecule has 0 amide bonds. The smallest absolute Gasteiger partial charge is 0.165 e. The number of aliphatic imine (C=N–C) groups is 1. The van der Waals surface area contributed by atoms with Gasteiger partial charge in [0.1, 0.15) is 12.1 Å². The van der Waals surface area contributed by atoms with Crippen LogP contribution in [0, 0.1) is 5.82 Å². The van der Waals surface area contributed by atoms with Crippen LogP contribution < -0.4 is 9.64 Å². The first kappa shape index (κ1) is 18.0. The van der Waals surface area contributed by atoms with Crippen molar-refractivity contribution in [2.75, 3.05) is 29.5 Å². The lowest BCUT2D eigenvalue weighted by molar-refractivity contribution is 0.231. The number of aromatic nitrogens is 2. The Kier molecular flexibility index (Phi) is 4.90. The Morgan fingerprint density at radius 1 is 1.19 bits per heavy atom. The number of fused-ring (bicyclic) bond motifs is 1. The first-order valence-electron chi connectivity index (χ1n) is 8.97. The lowest BCUT2D eigenvalue weighted by Gasteiger charge is -2.27. The van der Waals surface area contributed by atoms with E-state index < -0.39 is 10.8 Å². The zero-order valence-electron chi connectivity index (χ0n) is 15.3. The largest absolute Gasteiger partial charge is 0.488 e. The van der Waals surface area contributed by atoms with E-state index >= 15 is 0 Å². The van der Waals surface area contributed by atoms with Crippen LogP contribution in [-0.4, -0.2) is 50.6 Å². The monoisotopic (exact) mass is 388 g/mol. The summed E-state index contributed by atoms with van der Waals surface area (Å²) in [6.45, 7) is 5.58. The van der Waals surface area contributed by atoms with Crippen LogP contribution in [0.3, 0.4) is 0 Å². The highest BCUT2D eigenvalue weighted by Gasteiger charge is 2.24. The fraction of sp³-hybridized carbons (Fsp3) is 0.421. The minimum atomic E-state index is -0.740. The molecule has 0 N–H and O–H groups in total. The van der Waals surface area contributed by atoms with Crippen molar-refractivity contribution in [1.29, 1.82) is 0 Å². The summed E-state index contributed by atoms with van der Waals surface area (Å²) in [5.41, 5.74) is 3.10. The van der Waals surface area contributed by atoms with Crippen molar-refractivity contribution in [3.63, 3.8) is 0 Å². The summed E-state index contributed by atoms with van der Waals surface area (Å²) < 4.78 is 31.4. The van der Waals surface area contributed by atoms with Crippen molar-refractivity contribution in [1.82, 2.24) is 9.97 Å². The average Bonchev–Trinajstić information content (AvgIpc) is 3.05. The second kappa shape index (κ2) is 7.34. The third-order valence-electron chi connectivity index (χ3n) is 4.58. The number of ether oxygens (including phenoxy) is 1. The first-order chi connectivity index (χ1) is 13.0. The Morgan fingerprint density at radius 3 is 2.70 bits per heavy atom. The lowest BCUT2D eigenvalue weighted by atomic mass is 10.0. The molecule has 0 radical (unpaired) electrons. The van der Waals surface area contributed by atoms with E-state index in [2.05, 4.69) is 19.9 Å². The zero-order chi connectivity index (χ0) is 19.0. The van der Waals surface area contributed by atoms with Crippen LogP contribution in [0.4, 0.5) is 10.2 Å². The molecule has 0 atom stereocenters. The van der Waals surface area contributed by atoms with Gasteiger partial charge in [-0.2, -0.15) is 0 Å². The summed E-state index contributed by atoms with van der Waals surface area (Å²) in [6, 6.07) is 5.10. The summed E-state index contributed by atoms with van der Waals surface area (Å²) in [4.78, 5) is 15.4. The SMILES string of the molecule is CC(C)Oc1cc2c(cc1F)CN=C2c1cc(N2CCS(=O)CC2)ncn1. The number of rotatable bonds is 4. The molecule has 8 heteroatoms. The predicted molar refractivity (Wildman–Crippen MR) is 104 cm³/mol. The van der Waals surface area contributed by atoms with E-state index in [1.54, 1.807) is 6.07 Å². The lowest BCUT2D eigenvalue weighted by Crippen LogP contribution is -2.38. The number of halogens is 1. The van der Waals surface area contributed by atoms with Gasteiger partial charge >= 0.3 is 0 Å². The maximum Gasteiger partial charge on any atom is 0.165 e. The van der Waals surface area contributed by atoms with Crippen molar-refractivity contribution in [2.24, 2.45) is 4.99 Å². The molecule has 3 heterocycles. The van der Waals surface area contributed by atoms with E-state index in [4.69, 9.17) is 4.74 Å². The molecule has 27 heavy (non-hydrogen) atoms. The van der Waals surface area contributed by atoms with E-state index in [0.717, 1.165) is 22.7 Å². The average molecular weight is 388 g/mol. The maximum absolute atomic E-state index is 14.2. The Labute approximate surface area is 160 Å². The van der Waals surface area contributed by atoms with Crippen molar-refractivity contribution in [3.05, 3.63) is 47.2 Å². The van der Waals surface area contributed by atoms with Gasteiger partial charge in [0.2, 0.25) is 0 Å². The number of hydrogen-bond acceptors (Lipinski definition) is 6. The topological polar surface area (TPSA) is 67.7 Å². The Balaban J connectivity index is 1.64. The number of anilines is 1. The third kappa shape index (κ3) is 3.71. The molecule has 1 fully saturated rings. The van der Waals surface area contributed by atoms with E-state index in [9.17, 15) is 8.60 Å². The van der Waals surface area contributed by atoms with Gasteiger partial charge in [0.15, 0.2) is 11.6 Å². The van der Waals surface area contributed by atoms with Crippen LogP contribution >= 0.6 is 0 Å². The molecule has 0 saturated carbocycles. The molecule has 1 saturated heterocycles. The molecular formula is C19H21FN4O2S. The Hall–Kier alpha value is -2.35. The molecule has 0 bridgehead atoms. The second-order valence-electron chi connectivity index (χ2n) is 6.87. The molecule has 6 nitrogen and oxygen atoms in total. The minimum absolute atomic E-state index is 0.116. The molecular weight excluding hydrogens is 367 g/mol. The molecule has 1 aromatic heterocycles. The first-order valence-corrected chi connectivity index (χ1v) is 10.5. The van der Waals surface area contributed by atoms with E-state index in [1.807, 2.05) is 19.9 Å².